The van der Waals surface area contributed by atoms with Crippen LogP contribution in [-0.4, -0.2) is 29.1 Å². The van der Waals surface area contributed by atoms with Crippen LogP contribution < -0.4 is 0 Å². The topological polar surface area (TPSA) is 29.5 Å². The Balaban J connectivity index is 4.13. The number of hydrogen-bond donors (Lipinski definition) is 0. The van der Waals surface area contributed by atoms with Gasteiger partial charge in [0.15, 0.2) is 6.23 Å². The minimum atomic E-state index is -0.741. The third kappa shape index (κ3) is 4.48. The Bertz CT molecular complexity index is 164. The fourth-order valence-electron chi connectivity index (χ4n) is 1.36. The lowest BCUT2D eigenvalue weighted by Crippen LogP contribution is -2.41. The molecule has 2 atom stereocenters. The summed E-state index contributed by atoms with van der Waals surface area (Å²) in [5, 5.41) is 0. The fourth-order valence-corrected chi connectivity index (χ4v) is 1.49. The van der Waals surface area contributed by atoms with Crippen LogP contribution in [0.2, 0.25) is 0 Å². The SMILES string of the molecule is CCC(C)N(CC)C(C)OC(=O)Cl. The van der Waals surface area contributed by atoms with Crippen LogP contribution in [0.25, 0.3) is 0 Å². The summed E-state index contributed by atoms with van der Waals surface area (Å²) in [4.78, 5) is 12.6. The number of rotatable bonds is 5. The summed E-state index contributed by atoms with van der Waals surface area (Å²) < 4.78 is 4.88. The highest BCUT2D eigenvalue weighted by atomic mass is 35.5. The van der Waals surface area contributed by atoms with E-state index in [2.05, 4.69) is 18.7 Å². The van der Waals surface area contributed by atoms with Crippen molar-refractivity contribution >= 4 is 17.0 Å². The molecule has 0 spiro atoms. The van der Waals surface area contributed by atoms with E-state index in [1.807, 2.05) is 13.8 Å². The molecule has 0 bridgehead atoms. The second-order valence-electron chi connectivity index (χ2n) is 3.04. The Morgan fingerprint density at radius 3 is 2.31 bits per heavy atom. The molecule has 2 unspecified atom stereocenters. The zero-order valence-electron chi connectivity index (χ0n) is 8.71. The maximum Gasteiger partial charge on any atom is 0.405 e. The standard InChI is InChI=1S/C9H18ClNO2/c1-5-7(3)11(6-2)8(4)13-9(10)12/h7-8H,5-6H2,1-4H3. The van der Waals surface area contributed by atoms with Gasteiger partial charge in [0.2, 0.25) is 0 Å². The molecule has 0 fully saturated rings. The Hall–Kier alpha value is -0.280. The molecule has 0 aliphatic rings. The number of carbonyl (C=O) groups is 1. The van der Waals surface area contributed by atoms with Crippen molar-refractivity contribution in [3.8, 4) is 0 Å². The van der Waals surface area contributed by atoms with Gasteiger partial charge >= 0.3 is 5.43 Å². The second-order valence-corrected chi connectivity index (χ2v) is 3.35. The first kappa shape index (κ1) is 12.7. The van der Waals surface area contributed by atoms with Gasteiger partial charge in [0, 0.05) is 17.6 Å². The van der Waals surface area contributed by atoms with Crippen LogP contribution >= 0.6 is 11.6 Å². The zero-order valence-corrected chi connectivity index (χ0v) is 9.47. The Kier molecular flexibility index (Phi) is 6.08. The highest BCUT2D eigenvalue weighted by Crippen LogP contribution is 2.10. The van der Waals surface area contributed by atoms with Gasteiger partial charge in [0.25, 0.3) is 0 Å². The molecule has 0 radical (unpaired) electrons. The van der Waals surface area contributed by atoms with Crippen LogP contribution in [-0.2, 0) is 4.74 Å². The third-order valence-corrected chi connectivity index (χ3v) is 2.34. The highest BCUT2D eigenvalue weighted by Gasteiger charge is 2.19. The van der Waals surface area contributed by atoms with Crippen LogP contribution in [0.3, 0.4) is 0 Å². The fraction of sp³-hybridized carbons (Fsp3) is 0.889. The van der Waals surface area contributed by atoms with Crippen molar-refractivity contribution in [2.24, 2.45) is 0 Å². The van der Waals surface area contributed by atoms with Crippen molar-refractivity contribution < 1.29 is 9.53 Å². The molecule has 0 aromatic rings. The summed E-state index contributed by atoms with van der Waals surface area (Å²) in [7, 11) is 0. The Morgan fingerprint density at radius 1 is 1.46 bits per heavy atom. The third-order valence-electron chi connectivity index (χ3n) is 2.25. The average Bonchev–Trinajstić information content (AvgIpc) is 2.03. The van der Waals surface area contributed by atoms with Gasteiger partial charge in [-0.1, -0.05) is 13.8 Å². The Labute approximate surface area is 85.0 Å². The lowest BCUT2D eigenvalue weighted by atomic mass is 10.2. The van der Waals surface area contributed by atoms with E-state index in [-0.39, 0.29) is 6.23 Å². The minimum absolute atomic E-state index is 0.245. The molecule has 0 aliphatic carbocycles. The zero-order chi connectivity index (χ0) is 10.4. The average molecular weight is 208 g/mol. The largest absolute Gasteiger partial charge is 0.435 e. The van der Waals surface area contributed by atoms with Crippen LogP contribution in [0.15, 0.2) is 0 Å². The second kappa shape index (κ2) is 6.22. The molecule has 4 heteroatoms. The van der Waals surface area contributed by atoms with E-state index in [1.54, 1.807) is 0 Å². The predicted octanol–water partition coefficient (Wildman–Crippen LogP) is 2.83. The summed E-state index contributed by atoms with van der Waals surface area (Å²) >= 11 is 5.13. The van der Waals surface area contributed by atoms with E-state index in [1.165, 1.54) is 0 Å². The molecule has 0 aromatic carbocycles. The van der Waals surface area contributed by atoms with Crippen molar-refractivity contribution in [2.75, 3.05) is 6.54 Å². The summed E-state index contributed by atoms with van der Waals surface area (Å²) in [5.74, 6) is 0. The number of hydrogen-bond acceptors (Lipinski definition) is 3. The van der Waals surface area contributed by atoms with Gasteiger partial charge in [0.05, 0.1) is 0 Å². The van der Waals surface area contributed by atoms with Gasteiger partial charge in [-0.15, -0.1) is 0 Å². The van der Waals surface area contributed by atoms with Crippen molar-refractivity contribution in [2.45, 2.75) is 46.4 Å². The molecule has 0 saturated carbocycles. The molecule has 0 rings (SSSR count). The first-order valence-electron chi connectivity index (χ1n) is 4.64. The van der Waals surface area contributed by atoms with E-state index < -0.39 is 5.43 Å². The van der Waals surface area contributed by atoms with E-state index in [9.17, 15) is 4.79 Å². The highest BCUT2D eigenvalue weighted by molar-refractivity contribution is 6.61. The maximum atomic E-state index is 10.5. The van der Waals surface area contributed by atoms with Gasteiger partial charge in [-0.3, -0.25) is 4.90 Å². The van der Waals surface area contributed by atoms with E-state index in [0.29, 0.717) is 6.04 Å². The molecule has 0 N–H and O–H groups in total. The maximum absolute atomic E-state index is 10.5. The predicted molar refractivity (Wildman–Crippen MR) is 53.9 cm³/mol. The number of nitrogens with zero attached hydrogens (tertiary/aromatic N) is 1. The summed E-state index contributed by atoms with van der Waals surface area (Å²) in [6, 6.07) is 0.399. The molecule has 13 heavy (non-hydrogen) atoms. The van der Waals surface area contributed by atoms with Crippen LogP contribution in [0.5, 0.6) is 0 Å². The van der Waals surface area contributed by atoms with E-state index >= 15 is 0 Å². The monoisotopic (exact) mass is 207 g/mol. The van der Waals surface area contributed by atoms with Crippen LogP contribution in [0.4, 0.5) is 4.79 Å². The van der Waals surface area contributed by atoms with Crippen molar-refractivity contribution in [1.82, 2.24) is 4.90 Å². The summed E-state index contributed by atoms with van der Waals surface area (Å²) in [6.07, 6.45) is 0.780. The van der Waals surface area contributed by atoms with Gasteiger partial charge in [-0.25, -0.2) is 4.79 Å². The summed E-state index contributed by atoms with van der Waals surface area (Å²) in [5.41, 5.74) is -0.741. The molecule has 0 heterocycles. The van der Waals surface area contributed by atoms with Gasteiger partial charge in [-0.2, -0.15) is 0 Å². The molecule has 0 aliphatic heterocycles. The number of ether oxygens (including phenoxy) is 1. The van der Waals surface area contributed by atoms with E-state index in [4.69, 9.17) is 16.3 Å². The molecular weight excluding hydrogens is 190 g/mol. The van der Waals surface area contributed by atoms with Gasteiger partial charge in [0.1, 0.15) is 0 Å². The minimum Gasteiger partial charge on any atom is -0.435 e. The lowest BCUT2D eigenvalue weighted by Gasteiger charge is -2.31. The van der Waals surface area contributed by atoms with Gasteiger partial charge < -0.3 is 4.74 Å². The van der Waals surface area contributed by atoms with Crippen LogP contribution in [0, 0.1) is 0 Å². The number of halogens is 1. The summed E-state index contributed by atoms with van der Waals surface area (Å²) in [6.45, 7) is 8.91. The van der Waals surface area contributed by atoms with Crippen molar-refractivity contribution in [1.29, 1.82) is 0 Å². The van der Waals surface area contributed by atoms with Crippen molar-refractivity contribution in [3.63, 3.8) is 0 Å². The van der Waals surface area contributed by atoms with E-state index in [0.717, 1.165) is 13.0 Å². The van der Waals surface area contributed by atoms with Crippen LogP contribution in [0.1, 0.15) is 34.1 Å². The smallest absolute Gasteiger partial charge is 0.405 e. The molecule has 3 nitrogen and oxygen atoms in total. The Morgan fingerprint density at radius 2 is 2.00 bits per heavy atom. The molecule has 0 amide bonds. The molecule has 78 valence electrons. The molecule has 0 aromatic heterocycles. The molecular formula is C9H18ClNO2. The lowest BCUT2D eigenvalue weighted by molar-refractivity contribution is -0.00916. The quantitative estimate of drug-likeness (QED) is 0.513. The van der Waals surface area contributed by atoms with Crippen molar-refractivity contribution in [3.05, 3.63) is 0 Å². The molecule has 0 saturated heterocycles. The number of carbonyl (C=O) groups excluding carboxylic acids is 1. The normalized spacial score (nSPS) is 15.5. The first-order valence-corrected chi connectivity index (χ1v) is 5.02. The van der Waals surface area contributed by atoms with Gasteiger partial charge in [-0.05, 0) is 26.8 Å². The first-order chi connectivity index (χ1) is 6.02.